The first kappa shape index (κ1) is 46.5. The minimum atomic E-state index is -0.293. The molecule has 14 rings (SSSR count). The third kappa shape index (κ3) is 6.03. The lowest BCUT2D eigenvalue weighted by Crippen LogP contribution is -2.62. The Morgan fingerprint density at radius 1 is 0.432 bits per heavy atom. The molecule has 3 nitrogen and oxygen atoms in total. The number of hydrogen-bond acceptors (Lipinski definition) is 3. The summed E-state index contributed by atoms with van der Waals surface area (Å²) in [6, 6.07) is 43.9. The van der Waals surface area contributed by atoms with E-state index in [0.717, 1.165) is 30.4 Å². The highest BCUT2D eigenvalue weighted by Crippen LogP contribution is 2.61. The predicted octanol–water partition coefficient (Wildman–Crippen LogP) is 18.0. The summed E-state index contributed by atoms with van der Waals surface area (Å²) in [6.45, 7) is 37.0. The van der Waals surface area contributed by atoms with Gasteiger partial charge in [0, 0.05) is 39.1 Å². The van der Waals surface area contributed by atoms with Gasteiger partial charge in [-0.05, 0) is 198 Å². The highest BCUT2D eigenvalue weighted by molar-refractivity contribution is 6.94. The predicted molar refractivity (Wildman–Crippen MR) is 316 cm³/mol. The smallest absolute Gasteiger partial charge is 0.333 e. The average Bonchev–Trinajstić information content (AvgIpc) is 3.84. The monoisotopic (exact) mass is 971 g/mol. The first-order valence-electron chi connectivity index (χ1n) is 28.2. The summed E-state index contributed by atoms with van der Waals surface area (Å²) in [7, 11) is 0. The van der Waals surface area contributed by atoms with E-state index in [-0.39, 0.29) is 44.8 Å². The lowest BCUT2D eigenvalue weighted by atomic mass is 9.42. The van der Waals surface area contributed by atoms with Crippen molar-refractivity contribution in [2.45, 2.75) is 180 Å². The van der Waals surface area contributed by atoms with E-state index in [1.54, 1.807) is 0 Å². The molecule has 0 saturated heterocycles. The van der Waals surface area contributed by atoms with Gasteiger partial charge in [0.15, 0.2) is 0 Å². The Labute approximate surface area is 441 Å². The molecule has 0 unspecified atom stereocenters. The van der Waals surface area contributed by atoms with E-state index in [0.29, 0.717) is 0 Å². The van der Waals surface area contributed by atoms with Gasteiger partial charge in [-0.25, -0.2) is 0 Å². The molecule has 0 N–H and O–H groups in total. The van der Waals surface area contributed by atoms with Gasteiger partial charge in [-0.3, -0.25) is 0 Å². The van der Waals surface area contributed by atoms with Crippen LogP contribution < -0.4 is 20.6 Å². The second kappa shape index (κ2) is 14.5. The van der Waals surface area contributed by atoms with Crippen molar-refractivity contribution >= 4 is 68.1 Å². The van der Waals surface area contributed by atoms with E-state index < -0.39 is 0 Å². The van der Waals surface area contributed by atoms with Gasteiger partial charge in [0.2, 0.25) is 0 Å². The van der Waals surface area contributed by atoms with E-state index >= 15 is 0 Å². The van der Waals surface area contributed by atoms with Gasteiger partial charge in [-0.1, -0.05) is 164 Å². The van der Waals surface area contributed by atoms with Gasteiger partial charge >= 0.3 is 6.85 Å². The highest BCUT2D eigenvalue weighted by atomic mass is 16.3. The van der Waals surface area contributed by atoms with Crippen molar-refractivity contribution in [3.05, 3.63) is 159 Å². The summed E-state index contributed by atoms with van der Waals surface area (Å²) >= 11 is 0. The summed E-state index contributed by atoms with van der Waals surface area (Å²) in [5, 5.41) is 2.37. The van der Waals surface area contributed by atoms with Crippen LogP contribution in [0, 0.1) is 6.92 Å². The number of nitrogens with zero attached hydrogens (tertiary/aromatic N) is 2. The number of benzene rings is 7. The van der Waals surface area contributed by atoms with Crippen molar-refractivity contribution in [2.75, 3.05) is 9.71 Å². The Morgan fingerprint density at radius 3 is 1.65 bits per heavy atom. The maximum Gasteiger partial charge on any atom is 0.333 e. The van der Waals surface area contributed by atoms with Crippen LogP contribution >= 0.6 is 0 Å². The molecule has 4 heteroatoms. The lowest BCUT2D eigenvalue weighted by Gasteiger charge is -2.50. The van der Waals surface area contributed by atoms with Crippen molar-refractivity contribution in [2.24, 2.45) is 0 Å². The topological polar surface area (TPSA) is 19.6 Å². The van der Waals surface area contributed by atoms with E-state index in [9.17, 15) is 0 Å². The molecule has 0 saturated carbocycles. The fraction of sp³-hybridized carbons (Fsp3) is 0.400. The molecule has 2 aliphatic heterocycles. The number of aryl methyl sites for hydroxylation is 1. The SMILES string of the molecule is Cc1cc2c(cc1N1c3c(ccc4c3C(C)(C)c3ccccc3-4)B3c4c(cc5oc6ccccc6c5c41)-c1cc4c(cc1N3c1ccc3c(c1)C(C)(C)CCC3(C)C)C(C)(C)CCC4(C)C)C(C)(C)CCC2(C)C. The number of hydrogen-bond donors (Lipinski definition) is 0. The second-order valence-electron chi connectivity index (χ2n) is 28.5. The van der Waals surface area contributed by atoms with Crippen LogP contribution in [-0.2, 0) is 37.9 Å². The Kier molecular flexibility index (Phi) is 9.10. The van der Waals surface area contributed by atoms with Crippen molar-refractivity contribution in [1.29, 1.82) is 0 Å². The molecule has 3 heterocycles. The standard InChI is InChI=1S/C70H75BN2O/c1-40-34-49-52(68(10,11)32-30-65(49,4)5)38-55(40)72-62-54(27-25-43-42-20-16-18-22-47(42)70(14,15)60(43)62)71-61-46(37-58-59(63(61)72)44-21-17-19-23-57(44)74-58)45-36-51-53(69(12,13)33-31-67(51,8)9)39-56(45)73(71)41-24-26-48-50(35-41)66(6,7)29-28-64(48,2)3/h16-27,34-39H,28-33H2,1-15H3. The first-order chi connectivity index (χ1) is 34.8. The summed E-state index contributed by atoms with van der Waals surface area (Å²) in [6.07, 6.45) is 7.00. The number of rotatable bonds is 2. The second-order valence-corrected chi connectivity index (χ2v) is 28.5. The van der Waals surface area contributed by atoms with Crippen LogP contribution in [-0.4, -0.2) is 6.85 Å². The average molecular weight is 971 g/mol. The van der Waals surface area contributed by atoms with Crippen LogP contribution in [0.4, 0.5) is 28.4 Å². The zero-order valence-corrected chi connectivity index (χ0v) is 47.0. The fourth-order valence-corrected chi connectivity index (χ4v) is 15.8. The molecule has 1 aromatic heterocycles. The van der Waals surface area contributed by atoms with Crippen LogP contribution in [0.3, 0.4) is 0 Å². The third-order valence-corrected chi connectivity index (χ3v) is 20.7. The van der Waals surface area contributed by atoms with Crippen molar-refractivity contribution in [3.8, 4) is 22.3 Å². The zero-order chi connectivity index (χ0) is 51.8. The zero-order valence-electron chi connectivity index (χ0n) is 47.0. The summed E-state index contributed by atoms with van der Waals surface area (Å²) in [4.78, 5) is 5.65. The molecule has 8 aromatic rings. The van der Waals surface area contributed by atoms with Gasteiger partial charge < -0.3 is 14.1 Å². The lowest BCUT2D eigenvalue weighted by molar-refractivity contribution is 0.332. The van der Waals surface area contributed by atoms with Crippen molar-refractivity contribution in [3.63, 3.8) is 0 Å². The minimum Gasteiger partial charge on any atom is -0.456 e. The highest BCUT2D eigenvalue weighted by Gasteiger charge is 2.52. The largest absolute Gasteiger partial charge is 0.456 e. The van der Waals surface area contributed by atoms with Crippen LogP contribution in [0.25, 0.3) is 44.2 Å². The molecule has 74 heavy (non-hydrogen) atoms. The van der Waals surface area contributed by atoms with Gasteiger partial charge in [-0.15, -0.1) is 0 Å². The molecule has 0 bridgehead atoms. The number of anilines is 5. The molecule has 6 aliphatic rings. The quantitative estimate of drug-likeness (QED) is 0.161. The first-order valence-corrected chi connectivity index (χ1v) is 28.2. The summed E-state index contributed by atoms with van der Waals surface area (Å²) in [5.74, 6) is 0. The Morgan fingerprint density at radius 2 is 0.986 bits per heavy atom. The molecule has 0 atom stereocenters. The van der Waals surface area contributed by atoms with Crippen LogP contribution in [0.5, 0.6) is 0 Å². The molecular weight excluding hydrogens is 896 g/mol. The molecule has 7 aromatic carbocycles. The fourth-order valence-electron chi connectivity index (χ4n) is 15.8. The van der Waals surface area contributed by atoms with E-state index in [1.165, 1.54) is 142 Å². The minimum absolute atomic E-state index is 0.0145. The molecule has 4 aliphatic carbocycles. The van der Waals surface area contributed by atoms with Crippen LogP contribution in [0.15, 0.2) is 114 Å². The van der Waals surface area contributed by atoms with Gasteiger partial charge in [-0.2, -0.15) is 0 Å². The Balaban J connectivity index is 1.20. The molecule has 0 fully saturated rings. The van der Waals surface area contributed by atoms with E-state index in [2.05, 4.69) is 223 Å². The van der Waals surface area contributed by atoms with Gasteiger partial charge in [0.1, 0.15) is 11.2 Å². The third-order valence-electron chi connectivity index (χ3n) is 20.7. The normalized spacial score (nSPS) is 21.0. The Bertz CT molecular complexity index is 3810. The molecule has 0 amide bonds. The number of para-hydroxylation sites is 1. The maximum absolute atomic E-state index is 7.24. The molecule has 374 valence electrons. The molecule has 0 spiro atoms. The number of fused-ring (bicyclic) bond motifs is 15. The Hall–Kier alpha value is -6.00. The summed E-state index contributed by atoms with van der Waals surface area (Å²) < 4.78 is 7.24. The van der Waals surface area contributed by atoms with E-state index in [1.807, 2.05) is 0 Å². The van der Waals surface area contributed by atoms with Crippen LogP contribution in [0.1, 0.15) is 186 Å². The van der Waals surface area contributed by atoms with E-state index in [4.69, 9.17) is 4.42 Å². The van der Waals surface area contributed by atoms with Gasteiger partial charge in [0.05, 0.1) is 11.1 Å². The van der Waals surface area contributed by atoms with Gasteiger partial charge in [0.25, 0.3) is 0 Å². The molecule has 0 radical (unpaired) electrons. The van der Waals surface area contributed by atoms with Crippen LogP contribution in [0.2, 0.25) is 0 Å². The van der Waals surface area contributed by atoms with Crippen molar-refractivity contribution in [1.82, 2.24) is 0 Å². The molecular formula is C70H75BN2O. The van der Waals surface area contributed by atoms with Crippen molar-refractivity contribution < 1.29 is 4.42 Å². The number of furan rings is 1. The maximum atomic E-state index is 7.24. The summed E-state index contributed by atoms with van der Waals surface area (Å²) in [5.41, 5.74) is 29.4.